The quantitative estimate of drug-likeness (QED) is 0.333. The number of hydrogen-bond acceptors (Lipinski definition) is 2. The van der Waals surface area contributed by atoms with E-state index in [4.69, 9.17) is 10.1 Å². The minimum atomic E-state index is 0.500. The van der Waals surface area contributed by atoms with Crippen molar-refractivity contribution in [3.05, 3.63) is 10.2 Å². The van der Waals surface area contributed by atoms with Gasteiger partial charge >= 0.3 is 5.34 Å². The van der Waals surface area contributed by atoms with E-state index in [1.54, 1.807) is 0 Å². The molecule has 0 aromatic heterocycles. The summed E-state index contributed by atoms with van der Waals surface area (Å²) in [5.74, 6) is 0. The number of nitrogens with zero attached hydrogens (tertiary/aromatic N) is 2. The van der Waals surface area contributed by atoms with Crippen LogP contribution in [0.1, 0.15) is 27.7 Å². The van der Waals surface area contributed by atoms with Crippen molar-refractivity contribution in [2.24, 2.45) is 5.34 Å². The third kappa shape index (κ3) is 26.4. The zero-order valence-electron chi connectivity index (χ0n) is 6.96. The topological polar surface area (TPSA) is 66.4 Å². The molecule has 4 nitrogen and oxygen atoms in total. The van der Waals surface area contributed by atoms with Gasteiger partial charge in [-0.05, 0) is 0 Å². The standard InChI is InChI=1S/C6H14N.HNO2/c1-5(2)7-6(3)4;2-1-3/h5-6H,1-4H3;(H,2,3)/q-1;/p+1. The Morgan fingerprint density at radius 3 is 1.40 bits per heavy atom. The highest BCUT2D eigenvalue weighted by Crippen LogP contribution is 2.02. The Morgan fingerprint density at radius 1 is 1.20 bits per heavy atom. The van der Waals surface area contributed by atoms with Crippen LogP contribution < -0.4 is 0 Å². The zero-order chi connectivity index (χ0) is 8.57. The van der Waals surface area contributed by atoms with E-state index >= 15 is 0 Å². The molecule has 0 saturated heterocycles. The first-order valence-electron chi connectivity index (χ1n) is 3.23. The van der Waals surface area contributed by atoms with Crippen molar-refractivity contribution in [1.82, 2.24) is 0 Å². The van der Waals surface area contributed by atoms with E-state index in [-0.39, 0.29) is 0 Å². The zero-order valence-corrected chi connectivity index (χ0v) is 6.96. The van der Waals surface area contributed by atoms with Crippen LogP contribution in [0.3, 0.4) is 0 Å². The SMILES string of the molecule is CC(C)[N-]C(C)C.O=N[OH2+]. The Bertz CT molecular complexity index is 68.1. The molecule has 0 heterocycles. The molecule has 0 aromatic rings. The number of rotatable bonds is 2. The molecule has 62 valence electrons. The molecule has 0 radical (unpaired) electrons. The molecule has 0 amide bonds. The lowest BCUT2D eigenvalue weighted by Crippen LogP contribution is -2.01. The Kier molecular flexibility index (Phi) is 10.1. The molecule has 0 bridgehead atoms. The smallest absolute Gasteiger partial charge is 0.383 e. The van der Waals surface area contributed by atoms with E-state index in [2.05, 4.69) is 33.0 Å². The molecule has 0 aliphatic carbocycles. The largest absolute Gasteiger partial charge is 0.658 e. The van der Waals surface area contributed by atoms with Crippen molar-refractivity contribution in [3.63, 3.8) is 0 Å². The second kappa shape index (κ2) is 8.36. The van der Waals surface area contributed by atoms with Gasteiger partial charge in [0.05, 0.1) is 0 Å². The molecule has 0 aromatic carbocycles. The predicted molar refractivity (Wildman–Crippen MR) is 43.0 cm³/mol. The predicted octanol–water partition coefficient (Wildman–Crippen LogP) is 1.57. The summed E-state index contributed by atoms with van der Waals surface area (Å²) in [5, 5.41) is 11.1. The second-order valence-corrected chi connectivity index (χ2v) is 2.43. The van der Waals surface area contributed by atoms with Crippen LogP contribution in [-0.2, 0) is 0 Å². The van der Waals surface area contributed by atoms with Crippen LogP contribution >= 0.6 is 0 Å². The maximum absolute atomic E-state index is 8.22. The third-order valence-electron chi connectivity index (χ3n) is 0.596. The Morgan fingerprint density at radius 2 is 1.40 bits per heavy atom. The first-order valence-corrected chi connectivity index (χ1v) is 3.23. The molecule has 10 heavy (non-hydrogen) atoms. The van der Waals surface area contributed by atoms with E-state index in [1.165, 1.54) is 5.34 Å². The summed E-state index contributed by atoms with van der Waals surface area (Å²) in [6.45, 7) is 8.39. The van der Waals surface area contributed by atoms with Crippen molar-refractivity contribution in [2.45, 2.75) is 39.8 Å². The maximum Gasteiger partial charge on any atom is 0.383 e. The second-order valence-electron chi connectivity index (χ2n) is 2.43. The van der Waals surface area contributed by atoms with Gasteiger partial charge in [-0.15, -0.1) is 12.1 Å². The molecule has 0 rings (SSSR count). The molecule has 0 aliphatic rings. The first kappa shape index (κ1) is 12.1. The van der Waals surface area contributed by atoms with E-state index in [9.17, 15) is 0 Å². The molecule has 0 fully saturated rings. The molecule has 0 unspecified atom stereocenters. The summed E-state index contributed by atoms with van der Waals surface area (Å²) in [7, 11) is 0. The Hall–Kier alpha value is -0.640. The summed E-state index contributed by atoms with van der Waals surface area (Å²) in [4.78, 5) is 8.22. The van der Waals surface area contributed by atoms with E-state index in [0.29, 0.717) is 12.1 Å². The van der Waals surface area contributed by atoms with Gasteiger partial charge in [0.2, 0.25) is 4.91 Å². The lowest BCUT2D eigenvalue weighted by atomic mass is 10.3. The van der Waals surface area contributed by atoms with Crippen LogP contribution in [0.5, 0.6) is 0 Å². The van der Waals surface area contributed by atoms with Gasteiger partial charge in [-0.25, -0.2) is 0 Å². The van der Waals surface area contributed by atoms with Gasteiger partial charge in [-0.2, -0.15) is 0 Å². The lowest BCUT2D eigenvalue weighted by Gasteiger charge is -2.28. The lowest BCUT2D eigenvalue weighted by molar-refractivity contribution is 0.312. The summed E-state index contributed by atoms with van der Waals surface area (Å²) < 4.78 is 0. The highest BCUT2D eigenvalue weighted by molar-refractivity contribution is 4.89. The molecular formula is C6H16N2O2. The van der Waals surface area contributed by atoms with Crippen LogP contribution in [0.25, 0.3) is 5.32 Å². The highest BCUT2D eigenvalue weighted by atomic mass is 16.6. The van der Waals surface area contributed by atoms with Gasteiger partial charge in [-0.1, -0.05) is 27.7 Å². The van der Waals surface area contributed by atoms with Gasteiger partial charge in [0, 0.05) is 0 Å². The fourth-order valence-corrected chi connectivity index (χ4v) is 0.596. The summed E-state index contributed by atoms with van der Waals surface area (Å²) in [6.07, 6.45) is 0. The van der Waals surface area contributed by atoms with Crippen LogP contribution in [-0.4, -0.2) is 17.3 Å². The minimum absolute atomic E-state index is 0.500. The highest BCUT2D eigenvalue weighted by Gasteiger charge is 1.77. The third-order valence-corrected chi connectivity index (χ3v) is 0.596. The first-order chi connectivity index (χ1) is 4.54. The van der Waals surface area contributed by atoms with Crippen molar-refractivity contribution in [2.75, 3.05) is 0 Å². The van der Waals surface area contributed by atoms with Crippen molar-refractivity contribution >= 4 is 0 Å². The van der Waals surface area contributed by atoms with Crippen molar-refractivity contribution < 1.29 is 5.21 Å². The van der Waals surface area contributed by atoms with E-state index in [1.807, 2.05) is 0 Å². The molecule has 0 aliphatic heterocycles. The summed E-state index contributed by atoms with van der Waals surface area (Å²) in [5.41, 5.74) is 0. The van der Waals surface area contributed by atoms with Gasteiger partial charge in [0.15, 0.2) is 0 Å². The van der Waals surface area contributed by atoms with Gasteiger partial charge in [0.25, 0.3) is 0 Å². The molecule has 0 saturated carbocycles. The molecule has 0 spiro atoms. The number of hydrogen-bond donors (Lipinski definition) is 0. The summed E-state index contributed by atoms with van der Waals surface area (Å²) in [6, 6.07) is 1.000. The average molecular weight is 148 g/mol. The van der Waals surface area contributed by atoms with E-state index < -0.39 is 0 Å². The van der Waals surface area contributed by atoms with Crippen LogP contribution in [0.2, 0.25) is 0 Å². The maximum atomic E-state index is 8.22. The monoisotopic (exact) mass is 148 g/mol. The molecule has 4 heteroatoms. The molecule has 0 atom stereocenters. The van der Waals surface area contributed by atoms with Crippen LogP contribution in [0, 0.1) is 4.91 Å². The fraction of sp³-hybridized carbons (Fsp3) is 1.00. The summed E-state index contributed by atoms with van der Waals surface area (Å²) >= 11 is 0. The van der Waals surface area contributed by atoms with Crippen molar-refractivity contribution in [3.8, 4) is 0 Å². The van der Waals surface area contributed by atoms with E-state index in [0.717, 1.165) is 0 Å². The van der Waals surface area contributed by atoms with Gasteiger partial charge in [-0.3, -0.25) is 0 Å². The van der Waals surface area contributed by atoms with Crippen LogP contribution in [0.15, 0.2) is 5.34 Å². The van der Waals surface area contributed by atoms with Crippen molar-refractivity contribution in [1.29, 1.82) is 0 Å². The van der Waals surface area contributed by atoms with Gasteiger partial charge in [0.1, 0.15) is 0 Å². The fourth-order valence-electron chi connectivity index (χ4n) is 0.596. The molecule has 2 N–H and O–H groups in total. The Labute approximate surface area is 61.6 Å². The van der Waals surface area contributed by atoms with Crippen LogP contribution in [0.4, 0.5) is 0 Å². The average Bonchev–Trinajstić information content (AvgIpc) is 1.62. The normalized spacial score (nSPS) is 9.00. The van der Waals surface area contributed by atoms with Gasteiger partial charge < -0.3 is 10.5 Å². The minimum Gasteiger partial charge on any atom is -0.658 e. The molecular weight excluding hydrogens is 132 g/mol. The Balaban J connectivity index is 0.